The zero-order valence-corrected chi connectivity index (χ0v) is 9.42. The Labute approximate surface area is 86.4 Å². The lowest BCUT2D eigenvalue weighted by Crippen LogP contribution is -2.21. The van der Waals surface area contributed by atoms with Gasteiger partial charge >= 0.3 is 5.97 Å². The Hall–Kier alpha value is -0.990. The predicted octanol–water partition coefficient (Wildman–Crippen LogP) is 2.49. The van der Waals surface area contributed by atoms with E-state index in [1.165, 1.54) is 0 Å². The molecule has 0 aromatic heterocycles. The first-order chi connectivity index (χ1) is 6.65. The van der Waals surface area contributed by atoms with Crippen molar-refractivity contribution in [3.63, 3.8) is 0 Å². The number of hydrogen-bond acceptors (Lipinski definition) is 2. The first-order valence-electron chi connectivity index (χ1n) is 5.33. The first kappa shape index (κ1) is 13.0. The molecule has 0 aromatic rings. The summed E-state index contributed by atoms with van der Waals surface area (Å²) in [7, 11) is 0. The summed E-state index contributed by atoms with van der Waals surface area (Å²) in [5, 5.41) is 8.86. The summed E-state index contributed by atoms with van der Waals surface area (Å²) >= 11 is 0. The van der Waals surface area contributed by atoms with Gasteiger partial charge in [-0.2, -0.15) is 0 Å². The van der Waals surface area contributed by atoms with Crippen LogP contribution in [0.15, 0.2) is 11.8 Å². The van der Waals surface area contributed by atoms with Gasteiger partial charge in [0.25, 0.3) is 0 Å². The smallest absolute Gasteiger partial charge is 0.333 e. The second-order valence-electron chi connectivity index (χ2n) is 3.35. The molecule has 0 radical (unpaired) electrons. The van der Waals surface area contributed by atoms with E-state index in [2.05, 4.69) is 18.7 Å². The van der Waals surface area contributed by atoms with Crippen LogP contribution in [-0.2, 0) is 4.79 Å². The molecule has 0 aliphatic carbocycles. The van der Waals surface area contributed by atoms with Crippen LogP contribution < -0.4 is 0 Å². The van der Waals surface area contributed by atoms with Crippen molar-refractivity contribution in [1.29, 1.82) is 0 Å². The zero-order valence-electron chi connectivity index (χ0n) is 9.42. The van der Waals surface area contributed by atoms with Crippen molar-refractivity contribution in [3.05, 3.63) is 11.8 Å². The largest absolute Gasteiger partial charge is 0.478 e. The van der Waals surface area contributed by atoms with Crippen molar-refractivity contribution in [3.8, 4) is 0 Å². The van der Waals surface area contributed by atoms with Crippen LogP contribution in [0.2, 0.25) is 0 Å². The summed E-state index contributed by atoms with van der Waals surface area (Å²) < 4.78 is 0. The van der Waals surface area contributed by atoms with Crippen molar-refractivity contribution < 1.29 is 9.90 Å². The molecule has 0 aromatic carbocycles. The molecule has 82 valence electrons. The van der Waals surface area contributed by atoms with Crippen LogP contribution in [-0.4, -0.2) is 29.1 Å². The molecule has 3 nitrogen and oxygen atoms in total. The SMILES string of the molecule is CCCN(C=C(CC)C(=O)O)CCC. The topological polar surface area (TPSA) is 40.5 Å². The summed E-state index contributed by atoms with van der Waals surface area (Å²) in [6.07, 6.45) is 4.47. The molecule has 0 spiro atoms. The number of carboxylic acid groups (broad SMARTS) is 1. The minimum absolute atomic E-state index is 0.493. The third-order valence-electron chi connectivity index (χ3n) is 2.02. The lowest BCUT2D eigenvalue weighted by Gasteiger charge is -2.19. The number of hydrogen-bond donors (Lipinski definition) is 1. The molecule has 14 heavy (non-hydrogen) atoms. The van der Waals surface area contributed by atoms with E-state index in [9.17, 15) is 4.79 Å². The maximum absolute atomic E-state index is 10.8. The number of nitrogens with zero attached hydrogens (tertiary/aromatic N) is 1. The highest BCUT2D eigenvalue weighted by Crippen LogP contribution is 2.05. The average Bonchev–Trinajstić information content (AvgIpc) is 2.14. The maximum Gasteiger partial charge on any atom is 0.333 e. The van der Waals surface area contributed by atoms with Crippen LogP contribution in [0.25, 0.3) is 0 Å². The third kappa shape index (κ3) is 4.90. The Morgan fingerprint density at radius 2 is 1.71 bits per heavy atom. The van der Waals surface area contributed by atoms with Crippen LogP contribution in [0.3, 0.4) is 0 Å². The van der Waals surface area contributed by atoms with Gasteiger partial charge in [-0.05, 0) is 19.3 Å². The maximum atomic E-state index is 10.8. The molecule has 0 fully saturated rings. The van der Waals surface area contributed by atoms with Gasteiger partial charge in [0.05, 0.1) is 5.57 Å². The van der Waals surface area contributed by atoms with Crippen molar-refractivity contribution in [1.82, 2.24) is 4.90 Å². The van der Waals surface area contributed by atoms with Crippen molar-refractivity contribution in [2.75, 3.05) is 13.1 Å². The average molecular weight is 199 g/mol. The standard InChI is InChI=1S/C11H21NO2/c1-4-7-12(8-5-2)9-10(6-3)11(13)14/h9H,4-8H2,1-3H3,(H,13,14). The van der Waals surface area contributed by atoms with Gasteiger partial charge in [-0.15, -0.1) is 0 Å². The normalized spacial score (nSPS) is 11.5. The fourth-order valence-corrected chi connectivity index (χ4v) is 1.33. The Morgan fingerprint density at radius 3 is 2.00 bits per heavy atom. The molecule has 1 N–H and O–H groups in total. The van der Waals surface area contributed by atoms with Gasteiger partial charge in [-0.3, -0.25) is 0 Å². The second kappa shape index (κ2) is 7.42. The van der Waals surface area contributed by atoms with Crippen molar-refractivity contribution in [2.45, 2.75) is 40.0 Å². The summed E-state index contributed by atoms with van der Waals surface area (Å²) in [5.74, 6) is -0.801. The Kier molecular flexibility index (Phi) is 6.89. The van der Waals surface area contributed by atoms with E-state index in [4.69, 9.17) is 5.11 Å². The molecule has 0 saturated heterocycles. The first-order valence-corrected chi connectivity index (χ1v) is 5.33. The van der Waals surface area contributed by atoms with Crippen LogP contribution in [0.4, 0.5) is 0 Å². The van der Waals surface area contributed by atoms with E-state index >= 15 is 0 Å². The quantitative estimate of drug-likeness (QED) is 0.640. The second-order valence-corrected chi connectivity index (χ2v) is 3.35. The number of carbonyl (C=O) groups is 1. The molecule has 0 atom stereocenters. The molecule has 0 unspecified atom stereocenters. The van der Waals surface area contributed by atoms with Gasteiger partial charge in [-0.1, -0.05) is 20.8 Å². The van der Waals surface area contributed by atoms with Crippen LogP contribution in [0, 0.1) is 0 Å². The van der Waals surface area contributed by atoms with E-state index in [0.29, 0.717) is 12.0 Å². The van der Waals surface area contributed by atoms with E-state index in [0.717, 1.165) is 25.9 Å². The lowest BCUT2D eigenvalue weighted by atomic mass is 10.2. The van der Waals surface area contributed by atoms with E-state index < -0.39 is 5.97 Å². The highest BCUT2D eigenvalue weighted by atomic mass is 16.4. The number of rotatable bonds is 7. The molecule has 0 aliphatic heterocycles. The van der Waals surface area contributed by atoms with Gasteiger partial charge in [0.1, 0.15) is 0 Å². The Balaban J connectivity index is 4.40. The Bertz CT molecular complexity index is 193. The van der Waals surface area contributed by atoms with Gasteiger partial charge in [0.15, 0.2) is 0 Å². The minimum atomic E-state index is -0.801. The van der Waals surface area contributed by atoms with Crippen LogP contribution in [0.1, 0.15) is 40.0 Å². The predicted molar refractivity (Wildman–Crippen MR) is 58.2 cm³/mol. The summed E-state index contributed by atoms with van der Waals surface area (Å²) in [4.78, 5) is 12.9. The summed E-state index contributed by atoms with van der Waals surface area (Å²) in [5.41, 5.74) is 0.493. The highest BCUT2D eigenvalue weighted by Gasteiger charge is 2.06. The van der Waals surface area contributed by atoms with Crippen LogP contribution >= 0.6 is 0 Å². The monoisotopic (exact) mass is 199 g/mol. The van der Waals surface area contributed by atoms with Gasteiger partial charge < -0.3 is 10.0 Å². The lowest BCUT2D eigenvalue weighted by molar-refractivity contribution is -0.132. The zero-order chi connectivity index (χ0) is 11.0. The molecule has 3 heteroatoms. The van der Waals surface area contributed by atoms with E-state index in [-0.39, 0.29) is 0 Å². The van der Waals surface area contributed by atoms with Crippen molar-refractivity contribution in [2.24, 2.45) is 0 Å². The van der Waals surface area contributed by atoms with Gasteiger partial charge in [-0.25, -0.2) is 4.79 Å². The number of carboxylic acids is 1. The molecule has 0 heterocycles. The molecule has 0 bridgehead atoms. The van der Waals surface area contributed by atoms with Gasteiger partial charge in [0.2, 0.25) is 0 Å². The van der Waals surface area contributed by atoms with E-state index in [1.807, 2.05) is 6.92 Å². The van der Waals surface area contributed by atoms with Gasteiger partial charge in [0, 0.05) is 19.3 Å². The molecule has 0 aliphatic rings. The van der Waals surface area contributed by atoms with Crippen molar-refractivity contribution >= 4 is 5.97 Å². The summed E-state index contributed by atoms with van der Waals surface area (Å²) in [6, 6.07) is 0. The summed E-state index contributed by atoms with van der Waals surface area (Å²) in [6.45, 7) is 7.94. The molecule has 0 rings (SSSR count). The highest BCUT2D eigenvalue weighted by molar-refractivity contribution is 5.86. The molecular formula is C11H21NO2. The third-order valence-corrected chi connectivity index (χ3v) is 2.02. The fraction of sp³-hybridized carbons (Fsp3) is 0.727. The molecule has 0 saturated carbocycles. The fourth-order valence-electron chi connectivity index (χ4n) is 1.33. The van der Waals surface area contributed by atoms with Crippen LogP contribution in [0.5, 0.6) is 0 Å². The van der Waals surface area contributed by atoms with E-state index in [1.54, 1.807) is 6.20 Å². The number of aliphatic carboxylic acids is 1. The molecule has 0 amide bonds. The minimum Gasteiger partial charge on any atom is -0.478 e. The Morgan fingerprint density at radius 1 is 1.21 bits per heavy atom. The molecular weight excluding hydrogens is 178 g/mol.